The lowest BCUT2D eigenvalue weighted by molar-refractivity contribution is -0.121. The molecule has 21 heavy (non-hydrogen) atoms. The van der Waals surface area contributed by atoms with Crippen LogP contribution in [0.2, 0.25) is 0 Å². The topological polar surface area (TPSA) is 70.6 Å². The van der Waals surface area contributed by atoms with Gasteiger partial charge in [0.25, 0.3) is 5.91 Å². The van der Waals surface area contributed by atoms with Crippen LogP contribution in [0.25, 0.3) is 0 Å². The highest BCUT2D eigenvalue weighted by Crippen LogP contribution is 2.21. The van der Waals surface area contributed by atoms with Crippen LogP contribution in [0.4, 0.5) is 0 Å². The van der Waals surface area contributed by atoms with Gasteiger partial charge < -0.3 is 5.32 Å². The monoisotopic (exact) mass is 287 g/mol. The molecule has 0 fully saturated rings. The van der Waals surface area contributed by atoms with Crippen molar-refractivity contribution < 1.29 is 9.59 Å². The molecule has 0 radical (unpaired) electrons. The molecule has 0 aliphatic carbocycles. The molecular formula is C16H21N3O2. The van der Waals surface area contributed by atoms with Crippen molar-refractivity contribution in [2.24, 2.45) is 11.0 Å². The van der Waals surface area contributed by atoms with Gasteiger partial charge >= 0.3 is 0 Å². The Kier molecular flexibility index (Phi) is 5.09. The van der Waals surface area contributed by atoms with Gasteiger partial charge in [0.15, 0.2) is 0 Å². The lowest BCUT2D eigenvalue weighted by atomic mass is 9.96. The van der Waals surface area contributed by atoms with Crippen molar-refractivity contribution in [3.8, 4) is 0 Å². The first-order valence-corrected chi connectivity index (χ1v) is 7.27. The molecule has 0 saturated carbocycles. The Bertz CT molecular complexity index is 538. The van der Waals surface area contributed by atoms with Crippen molar-refractivity contribution in [1.82, 2.24) is 10.7 Å². The van der Waals surface area contributed by atoms with E-state index in [2.05, 4.69) is 29.7 Å². The molecule has 2 rings (SSSR count). The van der Waals surface area contributed by atoms with E-state index in [1.54, 1.807) is 0 Å². The Hall–Kier alpha value is -2.17. The smallest absolute Gasteiger partial charge is 0.267 e. The van der Waals surface area contributed by atoms with Gasteiger partial charge in [0.05, 0.1) is 6.04 Å². The van der Waals surface area contributed by atoms with E-state index in [9.17, 15) is 9.59 Å². The van der Waals surface area contributed by atoms with E-state index in [0.717, 1.165) is 12.0 Å². The predicted molar refractivity (Wildman–Crippen MR) is 81.6 cm³/mol. The lowest BCUT2D eigenvalue weighted by Crippen LogP contribution is -2.39. The summed E-state index contributed by atoms with van der Waals surface area (Å²) in [6.45, 7) is 4.25. The summed E-state index contributed by atoms with van der Waals surface area (Å²) in [5.41, 5.74) is 3.83. The molecule has 1 aromatic rings. The van der Waals surface area contributed by atoms with E-state index >= 15 is 0 Å². The number of hydrogen-bond donors (Lipinski definition) is 2. The molecule has 1 aliphatic heterocycles. The maximum absolute atomic E-state index is 12.3. The number of hydrogen-bond acceptors (Lipinski definition) is 3. The third kappa shape index (κ3) is 4.41. The van der Waals surface area contributed by atoms with Crippen LogP contribution in [0.5, 0.6) is 0 Å². The fraction of sp³-hybridized carbons (Fsp3) is 0.438. The van der Waals surface area contributed by atoms with Crippen molar-refractivity contribution in [3.63, 3.8) is 0 Å². The van der Waals surface area contributed by atoms with E-state index in [4.69, 9.17) is 0 Å². The van der Waals surface area contributed by atoms with Gasteiger partial charge in [-0.3, -0.25) is 9.59 Å². The summed E-state index contributed by atoms with van der Waals surface area (Å²) >= 11 is 0. The van der Waals surface area contributed by atoms with Gasteiger partial charge in [-0.05, 0) is 17.9 Å². The summed E-state index contributed by atoms with van der Waals surface area (Å²) < 4.78 is 0. The molecule has 0 aromatic heterocycles. The highest BCUT2D eigenvalue weighted by Gasteiger charge is 2.22. The number of carbonyl (C=O) groups is 2. The van der Waals surface area contributed by atoms with Crippen LogP contribution in [0.3, 0.4) is 0 Å². The summed E-state index contributed by atoms with van der Waals surface area (Å²) in [6.07, 6.45) is 1.56. The SMILES string of the molecule is CC(C)CC(NC(=O)C1=NNC(=O)CC1)c1ccccc1. The quantitative estimate of drug-likeness (QED) is 0.871. The Morgan fingerprint density at radius 2 is 2.00 bits per heavy atom. The standard InChI is InChI=1S/C16H21N3O2/c1-11(2)10-14(12-6-4-3-5-7-12)17-16(21)13-8-9-15(20)19-18-13/h3-7,11,14H,8-10H2,1-2H3,(H,17,21)(H,19,20). The Balaban J connectivity index is 2.08. The molecule has 5 heteroatoms. The zero-order valence-electron chi connectivity index (χ0n) is 12.4. The molecule has 2 N–H and O–H groups in total. The highest BCUT2D eigenvalue weighted by atomic mass is 16.2. The summed E-state index contributed by atoms with van der Waals surface area (Å²) in [5, 5.41) is 6.87. The highest BCUT2D eigenvalue weighted by molar-refractivity contribution is 6.39. The predicted octanol–water partition coefficient (Wildman–Crippen LogP) is 2.16. The summed E-state index contributed by atoms with van der Waals surface area (Å²) in [5.74, 6) is 0.112. The average molecular weight is 287 g/mol. The first-order valence-electron chi connectivity index (χ1n) is 7.27. The summed E-state index contributed by atoms with van der Waals surface area (Å²) in [4.78, 5) is 23.3. The fourth-order valence-electron chi connectivity index (χ4n) is 2.31. The largest absolute Gasteiger partial charge is 0.344 e. The molecule has 0 spiro atoms. The van der Waals surface area contributed by atoms with Gasteiger partial charge in [-0.1, -0.05) is 44.2 Å². The molecule has 1 unspecified atom stereocenters. The molecule has 1 aliphatic rings. The maximum atomic E-state index is 12.3. The second-order valence-corrected chi connectivity index (χ2v) is 5.66. The third-order valence-corrected chi connectivity index (χ3v) is 3.38. The number of nitrogens with zero attached hydrogens (tertiary/aromatic N) is 1. The van der Waals surface area contributed by atoms with E-state index in [1.807, 2.05) is 30.3 Å². The van der Waals surface area contributed by atoms with Gasteiger partial charge in [0, 0.05) is 12.8 Å². The molecule has 0 saturated heterocycles. The fourth-order valence-corrected chi connectivity index (χ4v) is 2.31. The number of hydrazone groups is 1. The summed E-state index contributed by atoms with van der Waals surface area (Å²) in [7, 11) is 0. The number of amides is 2. The van der Waals surface area contributed by atoms with Crippen LogP contribution in [-0.4, -0.2) is 17.5 Å². The zero-order chi connectivity index (χ0) is 15.2. The lowest BCUT2D eigenvalue weighted by Gasteiger charge is -2.22. The molecule has 1 aromatic carbocycles. The Morgan fingerprint density at radius 1 is 1.29 bits per heavy atom. The molecule has 1 atom stereocenters. The number of carbonyl (C=O) groups excluding carboxylic acids is 2. The zero-order valence-corrected chi connectivity index (χ0v) is 12.4. The van der Waals surface area contributed by atoms with Crippen LogP contribution in [0.15, 0.2) is 35.4 Å². The van der Waals surface area contributed by atoms with Crippen LogP contribution < -0.4 is 10.7 Å². The minimum absolute atomic E-state index is 0.0426. The first-order chi connectivity index (χ1) is 10.1. The van der Waals surface area contributed by atoms with Gasteiger partial charge in [-0.2, -0.15) is 5.10 Å². The number of nitrogens with one attached hydrogen (secondary N) is 2. The second kappa shape index (κ2) is 7.02. The van der Waals surface area contributed by atoms with Crippen molar-refractivity contribution >= 4 is 17.5 Å². The molecule has 5 nitrogen and oxygen atoms in total. The number of rotatable bonds is 5. The van der Waals surface area contributed by atoms with E-state index < -0.39 is 0 Å². The molecule has 2 amide bonds. The number of benzene rings is 1. The minimum Gasteiger partial charge on any atom is -0.344 e. The Morgan fingerprint density at radius 3 is 2.57 bits per heavy atom. The molecule has 112 valence electrons. The van der Waals surface area contributed by atoms with Crippen LogP contribution in [0, 0.1) is 5.92 Å². The Labute approximate surface area is 124 Å². The average Bonchev–Trinajstić information content (AvgIpc) is 2.47. The van der Waals surface area contributed by atoms with E-state index in [-0.39, 0.29) is 17.9 Å². The van der Waals surface area contributed by atoms with Crippen molar-refractivity contribution in [2.75, 3.05) is 0 Å². The van der Waals surface area contributed by atoms with Crippen LogP contribution >= 0.6 is 0 Å². The first kappa shape index (κ1) is 15.2. The van der Waals surface area contributed by atoms with Gasteiger partial charge in [0.1, 0.15) is 5.71 Å². The van der Waals surface area contributed by atoms with Gasteiger partial charge in [-0.25, -0.2) is 5.43 Å². The van der Waals surface area contributed by atoms with Crippen LogP contribution in [0.1, 0.15) is 44.7 Å². The van der Waals surface area contributed by atoms with Crippen molar-refractivity contribution in [1.29, 1.82) is 0 Å². The minimum atomic E-state index is -0.204. The van der Waals surface area contributed by atoms with Gasteiger partial charge in [0.2, 0.25) is 5.91 Å². The molecule has 1 heterocycles. The van der Waals surface area contributed by atoms with Crippen LogP contribution in [-0.2, 0) is 9.59 Å². The second-order valence-electron chi connectivity index (χ2n) is 5.66. The van der Waals surface area contributed by atoms with Crippen molar-refractivity contribution in [3.05, 3.63) is 35.9 Å². The van der Waals surface area contributed by atoms with E-state index in [0.29, 0.717) is 24.5 Å². The molecular weight excluding hydrogens is 266 g/mol. The van der Waals surface area contributed by atoms with Gasteiger partial charge in [-0.15, -0.1) is 0 Å². The maximum Gasteiger partial charge on any atom is 0.267 e. The summed E-state index contributed by atoms with van der Waals surface area (Å²) in [6, 6.07) is 9.87. The molecule has 0 bridgehead atoms. The normalized spacial score (nSPS) is 16.1. The van der Waals surface area contributed by atoms with E-state index in [1.165, 1.54) is 0 Å². The third-order valence-electron chi connectivity index (χ3n) is 3.38. The van der Waals surface area contributed by atoms with Crippen molar-refractivity contribution in [2.45, 2.75) is 39.2 Å².